The second-order valence-electron chi connectivity index (χ2n) is 7.35. The summed E-state index contributed by atoms with van der Waals surface area (Å²) in [5, 5.41) is 10.7. The Morgan fingerprint density at radius 2 is 1.92 bits per heavy atom. The fraction of sp³-hybridized carbons (Fsp3) is 0.0741. The number of carbonyl (C=O) groups is 1. The van der Waals surface area contributed by atoms with Crippen LogP contribution in [0.1, 0.15) is 15.9 Å². The van der Waals surface area contributed by atoms with Crippen LogP contribution in [0.5, 0.6) is 11.5 Å². The molecule has 180 valence electrons. The van der Waals surface area contributed by atoms with Crippen LogP contribution in [0.4, 0.5) is 10.8 Å². The van der Waals surface area contributed by atoms with Crippen LogP contribution >= 0.6 is 22.9 Å². The van der Waals surface area contributed by atoms with Crippen molar-refractivity contribution >= 4 is 45.9 Å². The van der Waals surface area contributed by atoms with Gasteiger partial charge in [0.2, 0.25) is 0 Å². The summed E-state index contributed by atoms with van der Waals surface area (Å²) in [5.41, 5.74) is 6.34. The standard InChI is InChI=1S/C27H21ClN4O3S/c1-3-14-35-24-13-4-18(15-25(24)34-2)16-29-32-26(33)20-7-5-19(6-8-20)23-17-36-27(31-23)30-22-11-9-21(28)10-12-22/h1,4-13,15-17H,14H2,2H3,(H,30,31)(H,32,33). The van der Waals surface area contributed by atoms with Gasteiger partial charge in [0.15, 0.2) is 16.6 Å². The van der Waals surface area contributed by atoms with Crippen molar-refractivity contribution in [2.45, 2.75) is 0 Å². The normalized spacial score (nSPS) is 10.6. The lowest BCUT2D eigenvalue weighted by Gasteiger charge is -2.09. The van der Waals surface area contributed by atoms with Crippen molar-refractivity contribution in [2.24, 2.45) is 5.10 Å². The van der Waals surface area contributed by atoms with Gasteiger partial charge in [-0.1, -0.05) is 29.7 Å². The van der Waals surface area contributed by atoms with Gasteiger partial charge in [-0.3, -0.25) is 4.79 Å². The molecular formula is C27H21ClN4O3S. The van der Waals surface area contributed by atoms with Crippen molar-refractivity contribution in [3.63, 3.8) is 0 Å². The van der Waals surface area contributed by atoms with E-state index >= 15 is 0 Å². The second-order valence-corrected chi connectivity index (χ2v) is 8.64. The number of carbonyl (C=O) groups excluding carboxylic acids is 1. The van der Waals surface area contributed by atoms with Gasteiger partial charge < -0.3 is 14.8 Å². The lowest BCUT2D eigenvalue weighted by Crippen LogP contribution is -2.17. The first-order chi connectivity index (χ1) is 17.6. The number of nitrogens with one attached hydrogen (secondary N) is 2. The Morgan fingerprint density at radius 3 is 2.64 bits per heavy atom. The fourth-order valence-corrected chi connectivity index (χ4v) is 4.01. The smallest absolute Gasteiger partial charge is 0.271 e. The number of hydrazone groups is 1. The number of benzene rings is 3. The number of terminal acetylenes is 1. The maximum absolute atomic E-state index is 12.5. The minimum absolute atomic E-state index is 0.141. The van der Waals surface area contributed by atoms with Crippen molar-refractivity contribution in [3.8, 4) is 35.1 Å². The Kier molecular flexibility index (Phi) is 8.19. The summed E-state index contributed by atoms with van der Waals surface area (Å²) in [5.74, 6) is 3.13. The van der Waals surface area contributed by atoms with E-state index in [1.807, 2.05) is 41.8 Å². The molecule has 0 unspecified atom stereocenters. The second kappa shape index (κ2) is 11.9. The van der Waals surface area contributed by atoms with Crippen LogP contribution in [0.15, 0.2) is 77.2 Å². The van der Waals surface area contributed by atoms with Crippen molar-refractivity contribution in [3.05, 3.63) is 88.3 Å². The molecule has 4 rings (SSSR count). The number of thiazole rings is 1. The minimum atomic E-state index is -0.331. The molecule has 4 aromatic rings. The van der Waals surface area contributed by atoms with Crippen molar-refractivity contribution in [2.75, 3.05) is 19.0 Å². The van der Waals surface area contributed by atoms with E-state index in [-0.39, 0.29) is 12.5 Å². The molecule has 1 amide bonds. The summed E-state index contributed by atoms with van der Waals surface area (Å²) in [4.78, 5) is 17.1. The number of rotatable bonds is 9. The largest absolute Gasteiger partial charge is 0.493 e. The number of aromatic nitrogens is 1. The molecule has 3 aromatic carbocycles. The molecule has 0 radical (unpaired) electrons. The number of ether oxygens (including phenoxy) is 2. The average molecular weight is 517 g/mol. The summed E-state index contributed by atoms with van der Waals surface area (Å²) in [6, 6.07) is 19.8. The van der Waals surface area contributed by atoms with Crippen LogP contribution in [0.3, 0.4) is 0 Å². The highest BCUT2D eigenvalue weighted by molar-refractivity contribution is 7.14. The lowest BCUT2D eigenvalue weighted by atomic mass is 10.1. The van der Waals surface area contributed by atoms with E-state index in [0.717, 1.165) is 27.6 Å². The van der Waals surface area contributed by atoms with Gasteiger partial charge in [0.1, 0.15) is 6.61 Å². The third-order valence-electron chi connectivity index (χ3n) is 4.92. The molecule has 0 saturated carbocycles. The van der Waals surface area contributed by atoms with Crippen molar-refractivity contribution < 1.29 is 14.3 Å². The molecule has 0 atom stereocenters. The molecule has 0 aliphatic carbocycles. The highest BCUT2D eigenvalue weighted by atomic mass is 35.5. The molecule has 0 fully saturated rings. The van der Waals surface area contributed by atoms with Gasteiger partial charge in [-0.05, 0) is 60.2 Å². The molecule has 2 N–H and O–H groups in total. The topological polar surface area (TPSA) is 84.8 Å². The molecule has 9 heteroatoms. The molecule has 0 saturated heterocycles. The number of hydrogen-bond acceptors (Lipinski definition) is 7. The number of halogens is 1. The molecule has 36 heavy (non-hydrogen) atoms. The molecule has 7 nitrogen and oxygen atoms in total. The maximum atomic E-state index is 12.5. The number of methoxy groups -OCH3 is 1. The predicted octanol–water partition coefficient (Wildman–Crippen LogP) is 5.99. The Balaban J connectivity index is 1.35. The quantitative estimate of drug-likeness (QED) is 0.162. The molecular weight excluding hydrogens is 496 g/mol. The van der Waals surface area contributed by atoms with Crippen LogP contribution in [0.25, 0.3) is 11.3 Å². The summed E-state index contributed by atoms with van der Waals surface area (Å²) in [6.07, 6.45) is 6.74. The van der Waals surface area contributed by atoms with Crippen molar-refractivity contribution in [1.29, 1.82) is 0 Å². The van der Waals surface area contributed by atoms with Gasteiger partial charge in [0.25, 0.3) is 5.91 Å². The third-order valence-corrected chi connectivity index (χ3v) is 5.93. The molecule has 0 aliphatic heterocycles. The number of anilines is 2. The Hall–Kier alpha value is -4.32. The zero-order chi connectivity index (χ0) is 25.3. The first-order valence-electron chi connectivity index (χ1n) is 10.7. The number of nitrogens with zero attached hydrogens (tertiary/aromatic N) is 2. The first kappa shape index (κ1) is 24.8. The molecule has 0 bridgehead atoms. The predicted molar refractivity (Wildman–Crippen MR) is 145 cm³/mol. The van der Waals surface area contributed by atoms with E-state index in [4.69, 9.17) is 27.5 Å². The van der Waals surface area contributed by atoms with Gasteiger partial charge in [0.05, 0.1) is 19.0 Å². The number of amides is 1. The van der Waals surface area contributed by atoms with E-state index in [1.165, 1.54) is 24.7 Å². The van der Waals surface area contributed by atoms with E-state index < -0.39 is 0 Å². The third kappa shape index (κ3) is 6.42. The Morgan fingerprint density at radius 1 is 1.14 bits per heavy atom. The molecule has 1 aromatic heterocycles. The summed E-state index contributed by atoms with van der Waals surface area (Å²) in [7, 11) is 1.53. The van der Waals surface area contributed by atoms with Crippen molar-refractivity contribution in [1.82, 2.24) is 10.4 Å². The average Bonchev–Trinajstić information content (AvgIpc) is 3.37. The summed E-state index contributed by atoms with van der Waals surface area (Å²) in [6.45, 7) is 0.141. The SMILES string of the molecule is C#CCOc1ccc(C=NNC(=O)c2ccc(-c3csc(Nc4ccc(Cl)cc4)n3)cc2)cc1OC. The van der Waals surface area contributed by atoms with E-state index in [2.05, 4.69) is 26.7 Å². The highest BCUT2D eigenvalue weighted by Crippen LogP contribution is 2.28. The minimum Gasteiger partial charge on any atom is -0.493 e. The summed E-state index contributed by atoms with van der Waals surface area (Å²) < 4.78 is 10.7. The van der Waals surface area contributed by atoms with Crippen LogP contribution in [0, 0.1) is 12.3 Å². The molecule has 1 heterocycles. The number of hydrogen-bond donors (Lipinski definition) is 2. The fourth-order valence-electron chi connectivity index (χ4n) is 3.15. The Bertz CT molecular complexity index is 1410. The van der Waals surface area contributed by atoms with E-state index in [1.54, 1.807) is 30.3 Å². The van der Waals surface area contributed by atoms with Crippen LogP contribution < -0.4 is 20.2 Å². The van der Waals surface area contributed by atoms with Gasteiger partial charge in [-0.25, -0.2) is 10.4 Å². The summed E-state index contributed by atoms with van der Waals surface area (Å²) >= 11 is 7.42. The van der Waals surface area contributed by atoms with Crippen LogP contribution in [-0.4, -0.2) is 30.8 Å². The van der Waals surface area contributed by atoms with Gasteiger partial charge in [0, 0.05) is 27.2 Å². The Labute approximate surface area is 217 Å². The van der Waals surface area contributed by atoms with Gasteiger partial charge in [-0.15, -0.1) is 17.8 Å². The maximum Gasteiger partial charge on any atom is 0.271 e. The van der Waals surface area contributed by atoms with Crippen LogP contribution in [-0.2, 0) is 0 Å². The van der Waals surface area contributed by atoms with E-state index in [9.17, 15) is 4.79 Å². The zero-order valence-electron chi connectivity index (χ0n) is 19.2. The molecule has 0 spiro atoms. The van der Waals surface area contributed by atoms with Gasteiger partial charge >= 0.3 is 0 Å². The zero-order valence-corrected chi connectivity index (χ0v) is 20.8. The van der Waals surface area contributed by atoms with E-state index in [0.29, 0.717) is 22.1 Å². The van der Waals surface area contributed by atoms with Crippen LogP contribution in [0.2, 0.25) is 5.02 Å². The highest BCUT2D eigenvalue weighted by Gasteiger charge is 2.09. The lowest BCUT2D eigenvalue weighted by molar-refractivity contribution is 0.0955. The first-order valence-corrected chi connectivity index (χ1v) is 12.0. The molecule has 0 aliphatic rings. The van der Waals surface area contributed by atoms with Gasteiger partial charge in [-0.2, -0.15) is 5.10 Å². The monoisotopic (exact) mass is 516 g/mol.